The Balaban J connectivity index is 1.54. The molecule has 1 fully saturated rings. The number of amides is 2. The minimum atomic E-state index is -0.162. The number of para-hydroxylation sites is 1. The normalized spacial score (nSPS) is 17.2. The number of carbonyl (C=O) groups is 1. The van der Waals surface area contributed by atoms with Crippen LogP contribution in [0.25, 0.3) is 0 Å². The second-order valence-corrected chi connectivity index (χ2v) is 6.16. The van der Waals surface area contributed by atoms with E-state index in [9.17, 15) is 4.79 Å². The Hall–Kier alpha value is -2.60. The number of hydrogen-bond acceptors (Lipinski definition) is 4. The Morgan fingerprint density at radius 1 is 1.32 bits per heavy atom. The number of aromatic nitrogens is 1. The number of aryl methyl sites for hydroxylation is 2. The van der Waals surface area contributed by atoms with Crippen molar-refractivity contribution in [1.29, 1.82) is 0 Å². The van der Waals surface area contributed by atoms with E-state index in [-0.39, 0.29) is 12.1 Å². The van der Waals surface area contributed by atoms with Gasteiger partial charge in [-0.1, -0.05) is 18.2 Å². The number of nitrogens with zero attached hydrogens (tertiary/aromatic N) is 2. The highest BCUT2D eigenvalue weighted by atomic mass is 16.5. The smallest absolute Gasteiger partial charge is 0.323 e. The fourth-order valence-electron chi connectivity index (χ4n) is 2.80. The molecule has 1 unspecified atom stereocenters. The number of benzene rings is 1. The van der Waals surface area contributed by atoms with Gasteiger partial charge in [-0.05, 0) is 43.7 Å². The Morgan fingerprint density at radius 2 is 2.12 bits per heavy atom. The number of nitrogens with one attached hydrogen (secondary N) is 1. The van der Waals surface area contributed by atoms with Crippen LogP contribution in [0.15, 0.2) is 42.5 Å². The number of rotatable bonds is 4. The topological polar surface area (TPSA) is 63.7 Å². The van der Waals surface area contributed by atoms with Gasteiger partial charge >= 0.3 is 6.03 Å². The first-order chi connectivity index (χ1) is 12.1. The zero-order valence-electron chi connectivity index (χ0n) is 14.6. The van der Waals surface area contributed by atoms with Crippen molar-refractivity contribution in [3.8, 4) is 5.75 Å². The molecule has 3 rings (SSSR count). The maximum atomic E-state index is 12.5. The molecule has 25 heavy (non-hydrogen) atoms. The molecule has 1 aliphatic heterocycles. The molecule has 6 heteroatoms. The second-order valence-electron chi connectivity index (χ2n) is 6.16. The lowest BCUT2D eigenvalue weighted by molar-refractivity contribution is -0.0337. The summed E-state index contributed by atoms with van der Waals surface area (Å²) in [5, 5.41) is 2.87. The largest absolute Gasteiger partial charge is 0.491 e. The summed E-state index contributed by atoms with van der Waals surface area (Å²) in [5.74, 6) is 1.37. The van der Waals surface area contributed by atoms with Crippen LogP contribution in [-0.2, 0) is 4.74 Å². The van der Waals surface area contributed by atoms with E-state index in [1.165, 1.54) is 0 Å². The number of hydrogen-bond donors (Lipinski definition) is 1. The van der Waals surface area contributed by atoms with Gasteiger partial charge in [0.25, 0.3) is 0 Å². The molecule has 2 amide bonds. The standard InChI is InChI=1S/C19H23N3O3/c1-14-10-15(2)20-18(11-14)21-19(23)22-8-9-24-17(12-22)13-25-16-6-4-3-5-7-16/h3-7,10-11,17H,8-9,12-13H2,1-2H3,(H,20,21,23). The first-order valence-corrected chi connectivity index (χ1v) is 8.41. The molecular formula is C19H23N3O3. The van der Waals surface area contributed by atoms with Crippen molar-refractivity contribution in [2.75, 3.05) is 31.6 Å². The molecule has 2 aromatic rings. The van der Waals surface area contributed by atoms with Crippen molar-refractivity contribution in [1.82, 2.24) is 9.88 Å². The highest BCUT2D eigenvalue weighted by molar-refractivity contribution is 5.88. The number of urea groups is 1. The third-order valence-electron chi connectivity index (χ3n) is 3.94. The SMILES string of the molecule is Cc1cc(C)nc(NC(=O)N2CCOC(COc3ccccc3)C2)c1. The van der Waals surface area contributed by atoms with Crippen molar-refractivity contribution in [3.05, 3.63) is 53.7 Å². The van der Waals surface area contributed by atoms with E-state index in [4.69, 9.17) is 9.47 Å². The van der Waals surface area contributed by atoms with Crippen LogP contribution in [0.2, 0.25) is 0 Å². The molecule has 0 bridgehead atoms. The molecule has 1 saturated heterocycles. The third kappa shape index (κ3) is 4.93. The lowest BCUT2D eigenvalue weighted by Crippen LogP contribution is -2.49. The summed E-state index contributed by atoms with van der Waals surface area (Å²) < 4.78 is 11.4. The average Bonchev–Trinajstić information content (AvgIpc) is 2.60. The molecular weight excluding hydrogens is 318 g/mol. The van der Waals surface area contributed by atoms with Gasteiger partial charge in [0, 0.05) is 12.2 Å². The Bertz CT molecular complexity index is 701. The number of ether oxygens (including phenoxy) is 2. The molecule has 6 nitrogen and oxygen atoms in total. The Labute approximate surface area is 147 Å². The number of pyridine rings is 1. The van der Waals surface area contributed by atoms with Gasteiger partial charge in [0.05, 0.1) is 13.2 Å². The molecule has 1 aliphatic rings. The van der Waals surface area contributed by atoms with Crippen LogP contribution >= 0.6 is 0 Å². The van der Waals surface area contributed by atoms with Crippen LogP contribution in [0.4, 0.5) is 10.6 Å². The fraction of sp³-hybridized carbons (Fsp3) is 0.368. The van der Waals surface area contributed by atoms with Gasteiger partial charge in [-0.25, -0.2) is 9.78 Å². The summed E-state index contributed by atoms with van der Waals surface area (Å²) in [5.41, 5.74) is 1.95. The third-order valence-corrected chi connectivity index (χ3v) is 3.94. The summed E-state index contributed by atoms with van der Waals surface area (Å²) in [4.78, 5) is 18.6. The van der Waals surface area contributed by atoms with Gasteiger partial charge in [0.2, 0.25) is 0 Å². The Morgan fingerprint density at radius 3 is 2.88 bits per heavy atom. The summed E-state index contributed by atoms with van der Waals surface area (Å²) in [6.45, 7) is 5.85. The van der Waals surface area contributed by atoms with Crippen LogP contribution < -0.4 is 10.1 Å². The average molecular weight is 341 g/mol. The highest BCUT2D eigenvalue weighted by Gasteiger charge is 2.25. The second kappa shape index (κ2) is 7.98. The minimum absolute atomic E-state index is 0.146. The number of anilines is 1. The van der Waals surface area contributed by atoms with E-state index in [0.717, 1.165) is 17.0 Å². The number of carbonyl (C=O) groups excluding carboxylic acids is 1. The maximum Gasteiger partial charge on any atom is 0.323 e. The van der Waals surface area contributed by atoms with Gasteiger partial charge in [-0.3, -0.25) is 5.32 Å². The summed E-state index contributed by atoms with van der Waals surface area (Å²) >= 11 is 0. The van der Waals surface area contributed by atoms with Gasteiger partial charge in [0.15, 0.2) is 0 Å². The van der Waals surface area contributed by atoms with E-state index < -0.39 is 0 Å². The summed E-state index contributed by atoms with van der Waals surface area (Å²) in [6, 6.07) is 13.3. The van der Waals surface area contributed by atoms with Crippen LogP contribution in [0.1, 0.15) is 11.3 Å². The van der Waals surface area contributed by atoms with Crippen LogP contribution in [0.5, 0.6) is 5.75 Å². The Kier molecular flexibility index (Phi) is 5.50. The first kappa shape index (κ1) is 17.2. The van der Waals surface area contributed by atoms with Crippen LogP contribution in [0, 0.1) is 13.8 Å². The van der Waals surface area contributed by atoms with Crippen molar-refractivity contribution in [2.24, 2.45) is 0 Å². The van der Waals surface area contributed by atoms with Gasteiger partial charge in [0.1, 0.15) is 24.3 Å². The lowest BCUT2D eigenvalue weighted by atomic mass is 10.2. The molecule has 2 heterocycles. The van der Waals surface area contributed by atoms with Crippen molar-refractivity contribution in [2.45, 2.75) is 20.0 Å². The predicted octanol–water partition coefficient (Wildman–Crippen LogP) is 3.01. The fourth-order valence-corrected chi connectivity index (χ4v) is 2.80. The van der Waals surface area contributed by atoms with Gasteiger partial charge in [-0.2, -0.15) is 0 Å². The van der Waals surface area contributed by atoms with E-state index in [1.54, 1.807) is 4.90 Å². The molecule has 1 aromatic carbocycles. The molecule has 0 spiro atoms. The van der Waals surface area contributed by atoms with E-state index >= 15 is 0 Å². The number of morpholine rings is 1. The molecule has 0 radical (unpaired) electrons. The molecule has 1 aromatic heterocycles. The summed E-state index contributed by atoms with van der Waals surface area (Å²) in [7, 11) is 0. The van der Waals surface area contributed by atoms with Crippen molar-refractivity contribution in [3.63, 3.8) is 0 Å². The molecule has 132 valence electrons. The lowest BCUT2D eigenvalue weighted by Gasteiger charge is -2.32. The van der Waals surface area contributed by atoms with Gasteiger partial charge < -0.3 is 14.4 Å². The van der Waals surface area contributed by atoms with Crippen molar-refractivity contribution >= 4 is 11.8 Å². The summed E-state index contributed by atoms with van der Waals surface area (Å²) in [6.07, 6.45) is -0.146. The predicted molar refractivity (Wildman–Crippen MR) is 96.0 cm³/mol. The molecule has 1 atom stereocenters. The van der Waals surface area contributed by atoms with Crippen LogP contribution in [0.3, 0.4) is 0 Å². The van der Waals surface area contributed by atoms with E-state index in [2.05, 4.69) is 10.3 Å². The first-order valence-electron chi connectivity index (χ1n) is 8.41. The molecule has 1 N–H and O–H groups in total. The van der Waals surface area contributed by atoms with E-state index in [0.29, 0.717) is 32.1 Å². The minimum Gasteiger partial charge on any atom is -0.491 e. The van der Waals surface area contributed by atoms with Crippen molar-refractivity contribution < 1.29 is 14.3 Å². The zero-order valence-corrected chi connectivity index (χ0v) is 14.6. The molecule has 0 saturated carbocycles. The molecule has 0 aliphatic carbocycles. The quantitative estimate of drug-likeness (QED) is 0.928. The van der Waals surface area contributed by atoms with Gasteiger partial charge in [-0.15, -0.1) is 0 Å². The zero-order chi connectivity index (χ0) is 17.6. The monoisotopic (exact) mass is 341 g/mol. The van der Waals surface area contributed by atoms with E-state index in [1.807, 2.05) is 56.3 Å². The maximum absolute atomic E-state index is 12.5. The van der Waals surface area contributed by atoms with Crippen LogP contribution in [-0.4, -0.2) is 48.3 Å². The highest BCUT2D eigenvalue weighted by Crippen LogP contribution is 2.14.